The van der Waals surface area contributed by atoms with Gasteiger partial charge in [-0.05, 0) is 137 Å². The Bertz CT molecular complexity index is 1040. The van der Waals surface area contributed by atoms with E-state index in [-0.39, 0.29) is 5.84 Å². The molecule has 0 radical (unpaired) electrons. The number of alkyl carbamates (subject to hydrolysis) is 2. The number of nitrogens with zero attached hydrogens (tertiary/aromatic N) is 2. The molecule has 0 aliphatic carbocycles. The Hall–Kier alpha value is -3.14. The zero-order valence-corrected chi connectivity index (χ0v) is 27.5. The molecule has 0 spiro atoms. The number of amidine groups is 2. The summed E-state index contributed by atoms with van der Waals surface area (Å²) in [5, 5.41) is 13.2. The van der Waals surface area contributed by atoms with Crippen LogP contribution in [-0.4, -0.2) is 72.7 Å². The molecule has 1 aromatic rings. The molecule has 10 heteroatoms. The second kappa shape index (κ2) is 17.9. The Kier molecular flexibility index (Phi) is 15.0. The Morgan fingerprint density at radius 1 is 0.884 bits per heavy atom. The van der Waals surface area contributed by atoms with Gasteiger partial charge in [-0.15, -0.1) is 0 Å². The molecule has 1 heterocycles. The molecule has 0 aromatic heterocycles. The number of hydrogen-bond acceptors (Lipinski definition) is 8. The van der Waals surface area contributed by atoms with Crippen LogP contribution in [0.3, 0.4) is 0 Å². The number of carbonyl (C=O) groups excluding carboxylic acids is 2. The lowest BCUT2D eigenvalue weighted by atomic mass is 9.92. The standard InChI is InChI=1S/C33H55N5O5/c1-25(36-30(39)42-32(2,3)4)35-20-10-8-9-11-21-38-22-18-26(19-23-38)13-12-24-41-28-16-14-27(15-17-28)29(34)37-31(40)43-33(5,6)7/h14-17,26H,8-13,18-24H2,1-7H3,(H2,34,37,40)(H,35,36,39). The van der Waals surface area contributed by atoms with Crippen LogP contribution in [0.2, 0.25) is 0 Å². The largest absolute Gasteiger partial charge is 0.494 e. The van der Waals surface area contributed by atoms with Crippen LogP contribution in [0.25, 0.3) is 0 Å². The number of likely N-dealkylation sites (tertiary alicyclic amines) is 1. The van der Waals surface area contributed by atoms with Gasteiger partial charge in [0.2, 0.25) is 0 Å². The van der Waals surface area contributed by atoms with Crippen molar-refractivity contribution in [2.24, 2.45) is 10.9 Å². The summed E-state index contributed by atoms with van der Waals surface area (Å²) < 4.78 is 16.4. The van der Waals surface area contributed by atoms with Gasteiger partial charge in [0.25, 0.3) is 0 Å². The summed E-state index contributed by atoms with van der Waals surface area (Å²) in [4.78, 5) is 30.7. The molecule has 1 aliphatic rings. The zero-order chi connectivity index (χ0) is 31.9. The van der Waals surface area contributed by atoms with E-state index in [1.54, 1.807) is 39.8 Å². The van der Waals surface area contributed by atoms with Crippen LogP contribution in [-0.2, 0) is 9.47 Å². The lowest BCUT2D eigenvalue weighted by molar-refractivity contribution is 0.0551. The molecule has 43 heavy (non-hydrogen) atoms. The number of benzene rings is 1. The van der Waals surface area contributed by atoms with E-state index in [1.165, 1.54) is 51.7 Å². The summed E-state index contributed by atoms with van der Waals surface area (Å²) in [5.41, 5.74) is -0.522. The lowest BCUT2D eigenvalue weighted by Crippen LogP contribution is -2.36. The number of amides is 2. The van der Waals surface area contributed by atoms with Gasteiger partial charge >= 0.3 is 12.2 Å². The molecule has 1 aromatic carbocycles. The van der Waals surface area contributed by atoms with Gasteiger partial charge in [0.05, 0.1) is 6.61 Å². The van der Waals surface area contributed by atoms with E-state index in [9.17, 15) is 9.59 Å². The second-order valence-electron chi connectivity index (χ2n) is 13.3. The first-order valence-corrected chi connectivity index (χ1v) is 15.8. The fourth-order valence-corrected chi connectivity index (χ4v) is 4.79. The number of aliphatic imine (C=N–C) groups is 1. The van der Waals surface area contributed by atoms with Gasteiger partial charge in [-0.2, -0.15) is 0 Å². The normalized spacial score (nSPS) is 15.1. The van der Waals surface area contributed by atoms with E-state index in [0.29, 0.717) is 18.0 Å². The average molecular weight is 602 g/mol. The summed E-state index contributed by atoms with van der Waals surface area (Å²) in [6, 6.07) is 7.20. The van der Waals surface area contributed by atoms with Crippen molar-refractivity contribution in [1.82, 2.24) is 15.5 Å². The van der Waals surface area contributed by atoms with Crippen molar-refractivity contribution in [1.29, 1.82) is 5.41 Å². The zero-order valence-electron chi connectivity index (χ0n) is 27.5. The Labute approximate surface area is 258 Å². The Morgan fingerprint density at radius 2 is 1.47 bits per heavy atom. The lowest BCUT2D eigenvalue weighted by Gasteiger charge is -2.32. The highest BCUT2D eigenvalue weighted by molar-refractivity contribution is 6.04. The highest BCUT2D eigenvalue weighted by Gasteiger charge is 2.19. The van der Waals surface area contributed by atoms with Gasteiger partial charge in [0.1, 0.15) is 28.6 Å². The SMILES string of the molecule is CC(=NCCCCCCN1CCC(CCCOc2ccc(C(=N)NC(=O)OC(C)(C)C)cc2)CC1)NC(=O)OC(C)(C)C. The van der Waals surface area contributed by atoms with Crippen LogP contribution in [0.4, 0.5) is 9.59 Å². The molecule has 0 atom stereocenters. The summed E-state index contributed by atoms with van der Waals surface area (Å²) in [6.45, 7) is 17.6. The van der Waals surface area contributed by atoms with Crippen LogP contribution in [0, 0.1) is 11.3 Å². The van der Waals surface area contributed by atoms with Crippen LogP contribution < -0.4 is 15.4 Å². The fourth-order valence-electron chi connectivity index (χ4n) is 4.79. The van der Waals surface area contributed by atoms with E-state index in [2.05, 4.69) is 20.5 Å². The highest BCUT2D eigenvalue weighted by atomic mass is 16.6. The number of hydrogen-bond donors (Lipinski definition) is 3. The molecule has 2 amide bonds. The molecule has 242 valence electrons. The van der Waals surface area contributed by atoms with Crippen molar-refractivity contribution in [3.8, 4) is 5.75 Å². The van der Waals surface area contributed by atoms with Crippen molar-refractivity contribution >= 4 is 23.9 Å². The minimum absolute atomic E-state index is 0.00140. The number of carbonyl (C=O) groups is 2. The summed E-state index contributed by atoms with van der Waals surface area (Å²) in [6.07, 6.45) is 8.20. The van der Waals surface area contributed by atoms with E-state index in [0.717, 1.165) is 37.5 Å². The molecule has 1 aliphatic heterocycles. The van der Waals surface area contributed by atoms with Crippen molar-refractivity contribution in [2.45, 2.75) is 111 Å². The third-order valence-electron chi connectivity index (χ3n) is 6.91. The molecule has 1 fully saturated rings. The monoisotopic (exact) mass is 601 g/mol. The van der Waals surface area contributed by atoms with E-state index < -0.39 is 23.4 Å². The maximum absolute atomic E-state index is 11.9. The smallest absolute Gasteiger partial charge is 0.413 e. The molecular weight excluding hydrogens is 546 g/mol. The topological polar surface area (TPSA) is 125 Å². The number of nitrogens with one attached hydrogen (secondary N) is 3. The first-order chi connectivity index (χ1) is 20.2. The molecule has 10 nitrogen and oxygen atoms in total. The third kappa shape index (κ3) is 16.9. The Balaban J connectivity index is 1.50. The van der Waals surface area contributed by atoms with Crippen LogP contribution in [0.1, 0.15) is 105 Å². The van der Waals surface area contributed by atoms with Crippen molar-refractivity contribution in [2.75, 3.05) is 32.8 Å². The Morgan fingerprint density at radius 3 is 2.07 bits per heavy atom. The molecule has 0 unspecified atom stereocenters. The van der Waals surface area contributed by atoms with Gasteiger partial charge in [-0.3, -0.25) is 21.0 Å². The van der Waals surface area contributed by atoms with Crippen molar-refractivity contribution < 1.29 is 23.8 Å². The third-order valence-corrected chi connectivity index (χ3v) is 6.91. The van der Waals surface area contributed by atoms with Crippen molar-refractivity contribution in [3.63, 3.8) is 0 Å². The van der Waals surface area contributed by atoms with E-state index in [4.69, 9.17) is 19.6 Å². The van der Waals surface area contributed by atoms with Gasteiger partial charge in [-0.25, -0.2) is 9.59 Å². The van der Waals surface area contributed by atoms with E-state index >= 15 is 0 Å². The highest BCUT2D eigenvalue weighted by Crippen LogP contribution is 2.23. The second-order valence-corrected chi connectivity index (χ2v) is 13.3. The predicted molar refractivity (Wildman–Crippen MR) is 172 cm³/mol. The van der Waals surface area contributed by atoms with Crippen LogP contribution >= 0.6 is 0 Å². The van der Waals surface area contributed by atoms with Crippen LogP contribution in [0.15, 0.2) is 29.3 Å². The van der Waals surface area contributed by atoms with Gasteiger partial charge in [-0.1, -0.05) is 12.8 Å². The first kappa shape index (κ1) is 36.1. The van der Waals surface area contributed by atoms with Crippen molar-refractivity contribution in [3.05, 3.63) is 29.8 Å². The maximum atomic E-state index is 11.9. The molecule has 2 rings (SSSR count). The number of unbranched alkanes of at least 4 members (excludes halogenated alkanes) is 3. The summed E-state index contributed by atoms with van der Waals surface area (Å²) in [5.74, 6) is 2.13. The minimum atomic E-state index is -0.635. The molecule has 3 N–H and O–H groups in total. The summed E-state index contributed by atoms with van der Waals surface area (Å²) in [7, 11) is 0. The fraction of sp³-hybridized carbons (Fsp3) is 0.697. The van der Waals surface area contributed by atoms with Gasteiger partial charge in [0.15, 0.2) is 0 Å². The average Bonchev–Trinajstić information content (AvgIpc) is 2.89. The number of piperidine rings is 1. The molecular formula is C33H55N5O5. The molecule has 0 saturated carbocycles. The van der Waals surface area contributed by atoms with Crippen LogP contribution in [0.5, 0.6) is 5.75 Å². The summed E-state index contributed by atoms with van der Waals surface area (Å²) >= 11 is 0. The minimum Gasteiger partial charge on any atom is -0.494 e. The molecule has 1 saturated heterocycles. The maximum Gasteiger partial charge on any atom is 0.413 e. The molecule has 0 bridgehead atoms. The number of rotatable bonds is 13. The number of ether oxygens (including phenoxy) is 3. The van der Waals surface area contributed by atoms with Gasteiger partial charge in [0, 0.05) is 12.1 Å². The quantitative estimate of drug-likeness (QED) is 0.128. The van der Waals surface area contributed by atoms with Gasteiger partial charge < -0.3 is 19.1 Å². The first-order valence-electron chi connectivity index (χ1n) is 15.8. The predicted octanol–water partition coefficient (Wildman–Crippen LogP) is 6.91. The van der Waals surface area contributed by atoms with E-state index in [1.807, 2.05) is 32.9 Å².